The van der Waals surface area contributed by atoms with Gasteiger partial charge in [0.15, 0.2) is 11.5 Å². The first-order valence-corrected chi connectivity index (χ1v) is 9.09. The van der Waals surface area contributed by atoms with Gasteiger partial charge in [-0.15, -0.1) is 11.3 Å². The number of rotatable bonds is 5. The zero-order valence-corrected chi connectivity index (χ0v) is 15.6. The third kappa shape index (κ3) is 3.36. The lowest BCUT2D eigenvalue weighted by molar-refractivity contribution is 0.100. The van der Waals surface area contributed by atoms with Crippen LogP contribution >= 0.6 is 11.3 Å². The van der Waals surface area contributed by atoms with Crippen molar-refractivity contribution in [3.8, 4) is 11.5 Å². The average molecular weight is 417 g/mol. The first-order valence-electron chi connectivity index (χ1n) is 8.27. The lowest BCUT2D eigenvalue weighted by Crippen LogP contribution is -2.17. The molecule has 2 amide bonds. The number of hydrogen-bond acceptors (Lipinski definition) is 6. The molecule has 29 heavy (non-hydrogen) atoms. The molecular formula is C18H13F2N5O3S. The average Bonchev–Trinajstić information content (AvgIpc) is 3.40. The van der Waals surface area contributed by atoms with Crippen LogP contribution in [0.15, 0.2) is 34.9 Å². The number of aryl methyl sites for hydroxylation is 1. The Morgan fingerprint density at radius 1 is 1.34 bits per heavy atom. The second-order valence-corrected chi connectivity index (χ2v) is 7.11. The number of thiophene rings is 1. The quantitative estimate of drug-likeness (QED) is 0.454. The molecule has 4 rings (SSSR count). The summed E-state index contributed by atoms with van der Waals surface area (Å²) >= 11 is 0.841. The van der Waals surface area contributed by atoms with E-state index in [0.29, 0.717) is 22.4 Å². The highest BCUT2D eigenvalue weighted by Gasteiger charge is 2.24. The van der Waals surface area contributed by atoms with Crippen LogP contribution in [0.25, 0.3) is 21.7 Å². The SMILES string of the molecule is Cc1cc(C(F)F)nc2sc(C(N)=O)c(NC(=O)c3cc(-c4ccco4)[nH]n3)c12. The Kier molecular flexibility index (Phi) is 4.59. The number of anilines is 1. The fourth-order valence-electron chi connectivity index (χ4n) is 2.89. The van der Waals surface area contributed by atoms with Crippen LogP contribution < -0.4 is 11.1 Å². The Morgan fingerprint density at radius 3 is 2.79 bits per heavy atom. The largest absolute Gasteiger partial charge is 0.463 e. The van der Waals surface area contributed by atoms with Gasteiger partial charge in [0, 0.05) is 11.5 Å². The second-order valence-electron chi connectivity index (χ2n) is 6.11. The third-order valence-corrected chi connectivity index (χ3v) is 5.26. The summed E-state index contributed by atoms with van der Waals surface area (Å²) in [4.78, 5) is 28.6. The second kappa shape index (κ2) is 7.09. The molecule has 8 nitrogen and oxygen atoms in total. The van der Waals surface area contributed by atoms with E-state index in [1.165, 1.54) is 18.4 Å². The van der Waals surface area contributed by atoms with E-state index < -0.39 is 23.9 Å². The van der Waals surface area contributed by atoms with E-state index in [9.17, 15) is 18.4 Å². The molecule has 4 N–H and O–H groups in total. The van der Waals surface area contributed by atoms with Crippen molar-refractivity contribution in [2.75, 3.05) is 5.32 Å². The van der Waals surface area contributed by atoms with Gasteiger partial charge < -0.3 is 15.5 Å². The molecule has 4 aromatic heterocycles. The summed E-state index contributed by atoms with van der Waals surface area (Å²) in [7, 11) is 0. The van der Waals surface area contributed by atoms with Gasteiger partial charge in [-0.1, -0.05) is 0 Å². The van der Waals surface area contributed by atoms with Crippen molar-refractivity contribution < 1.29 is 22.8 Å². The van der Waals surface area contributed by atoms with Crippen molar-refractivity contribution in [2.45, 2.75) is 13.3 Å². The van der Waals surface area contributed by atoms with Gasteiger partial charge in [0.2, 0.25) is 0 Å². The molecular weight excluding hydrogens is 404 g/mol. The zero-order valence-electron chi connectivity index (χ0n) is 14.8. The number of halogens is 2. The Labute approximate surface area is 165 Å². The van der Waals surface area contributed by atoms with Crippen molar-refractivity contribution >= 4 is 39.1 Å². The van der Waals surface area contributed by atoms with Crippen LogP contribution in [-0.2, 0) is 0 Å². The highest BCUT2D eigenvalue weighted by atomic mass is 32.1. The number of primary amides is 1. The number of furan rings is 1. The van der Waals surface area contributed by atoms with E-state index >= 15 is 0 Å². The first-order chi connectivity index (χ1) is 13.8. The topological polar surface area (TPSA) is 127 Å². The van der Waals surface area contributed by atoms with E-state index in [1.54, 1.807) is 19.1 Å². The van der Waals surface area contributed by atoms with Crippen LogP contribution in [0.5, 0.6) is 0 Å². The van der Waals surface area contributed by atoms with Gasteiger partial charge in [0.05, 0.1) is 12.0 Å². The highest BCUT2D eigenvalue weighted by Crippen LogP contribution is 2.38. The number of carbonyl (C=O) groups is 2. The molecule has 0 bridgehead atoms. The smallest absolute Gasteiger partial charge is 0.280 e. The Hall–Kier alpha value is -3.60. The van der Waals surface area contributed by atoms with E-state index in [1.807, 2.05) is 0 Å². The minimum absolute atomic E-state index is 0.0113. The van der Waals surface area contributed by atoms with Crippen LogP contribution in [0.3, 0.4) is 0 Å². The number of aromatic amines is 1. The molecule has 0 aliphatic heterocycles. The van der Waals surface area contributed by atoms with Crippen LogP contribution in [0.1, 0.15) is 37.8 Å². The molecule has 0 aliphatic rings. The normalized spacial score (nSPS) is 11.3. The predicted octanol–water partition coefficient (Wildman–Crippen LogP) is 3.88. The molecule has 0 saturated carbocycles. The number of aromatic nitrogens is 3. The van der Waals surface area contributed by atoms with Gasteiger partial charge >= 0.3 is 0 Å². The molecule has 0 aromatic carbocycles. The van der Waals surface area contributed by atoms with E-state index in [-0.39, 0.29) is 21.1 Å². The number of fused-ring (bicyclic) bond motifs is 1. The van der Waals surface area contributed by atoms with Crippen molar-refractivity contribution in [1.29, 1.82) is 0 Å². The fraction of sp³-hybridized carbons (Fsp3) is 0.111. The molecule has 4 aromatic rings. The number of hydrogen-bond donors (Lipinski definition) is 3. The van der Waals surface area contributed by atoms with Crippen molar-refractivity contribution in [2.24, 2.45) is 5.73 Å². The van der Waals surface area contributed by atoms with Gasteiger partial charge in [-0.2, -0.15) is 5.10 Å². The number of nitrogens with two attached hydrogens (primary N) is 1. The van der Waals surface area contributed by atoms with Gasteiger partial charge in [-0.05, 0) is 30.7 Å². The van der Waals surface area contributed by atoms with Crippen LogP contribution in [-0.4, -0.2) is 27.0 Å². The van der Waals surface area contributed by atoms with Gasteiger partial charge in [0.1, 0.15) is 21.1 Å². The highest BCUT2D eigenvalue weighted by molar-refractivity contribution is 7.21. The summed E-state index contributed by atoms with van der Waals surface area (Å²) in [5.41, 5.74) is 6.09. The number of H-pyrrole nitrogens is 1. The van der Waals surface area contributed by atoms with Gasteiger partial charge in [-0.25, -0.2) is 13.8 Å². The number of carbonyl (C=O) groups excluding carboxylic acids is 2. The van der Waals surface area contributed by atoms with Crippen molar-refractivity contribution in [3.63, 3.8) is 0 Å². The molecule has 0 aliphatic carbocycles. The fourth-order valence-corrected chi connectivity index (χ4v) is 3.95. The molecule has 0 radical (unpaired) electrons. The van der Waals surface area contributed by atoms with E-state index in [4.69, 9.17) is 10.2 Å². The maximum atomic E-state index is 13.1. The lowest BCUT2D eigenvalue weighted by Gasteiger charge is -2.07. The number of nitrogens with one attached hydrogen (secondary N) is 2. The summed E-state index contributed by atoms with van der Waals surface area (Å²) in [6.45, 7) is 1.59. The third-order valence-electron chi connectivity index (χ3n) is 4.16. The summed E-state index contributed by atoms with van der Waals surface area (Å²) in [6, 6.07) is 6.08. The molecule has 0 fully saturated rings. The van der Waals surface area contributed by atoms with Gasteiger partial charge in [-0.3, -0.25) is 14.7 Å². The standard InChI is InChI=1S/C18H13F2N5O3S/c1-7-5-9(15(19)20)22-18-12(7)13(14(29-18)16(21)26)23-17(27)10-6-8(24-25-10)11-3-2-4-28-11/h2-6,15H,1H3,(H2,21,26)(H,23,27)(H,24,25). The maximum absolute atomic E-state index is 13.1. The number of alkyl halides is 2. The number of amides is 2. The number of nitrogens with zero attached hydrogens (tertiary/aromatic N) is 2. The Morgan fingerprint density at radius 2 is 2.14 bits per heavy atom. The van der Waals surface area contributed by atoms with Crippen molar-refractivity contribution in [1.82, 2.24) is 15.2 Å². The Bertz CT molecular complexity index is 1230. The number of pyridine rings is 1. The van der Waals surface area contributed by atoms with Crippen LogP contribution in [0.2, 0.25) is 0 Å². The lowest BCUT2D eigenvalue weighted by atomic mass is 10.1. The molecule has 0 atom stereocenters. The summed E-state index contributed by atoms with van der Waals surface area (Å²) in [6.07, 6.45) is -1.28. The van der Waals surface area contributed by atoms with Crippen LogP contribution in [0.4, 0.5) is 14.5 Å². The summed E-state index contributed by atoms with van der Waals surface area (Å²) in [5.74, 6) is -0.923. The molecule has 148 valence electrons. The van der Waals surface area contributed by atoms with E-state index in [0.717, 1.165) is 11.3 Å². The van der Waals surface area contributed by atoms with E-state index in [2.05, 4.69) is 20.5 Å². The first kappa shape index (κ1) is 18.7. The molecule has 0 spiro atoms. The molecule has 4 heterocycles. The monoisotopic (exact) mass is 417 g/mol. The molecule has 11 heteroatoms. The minimum atomic E-state index is -2.76. The predicted molar refractivity (Wildman–Crippen MR) is 102 cm³/mol. The Balaban J connectivity index is 1.74. The molecule has 0 unspecified atom stereocenters. The van der Waals surface area contributed by atoms with Crippen molar-refractivity contribution in [3.05, 3.63) is 52.4 Å². The molecule has 0 saturated heterocycles. The van der Waals surface area contributed by atoms with Gasteiger partial charge in [0.25, 0.3) is 18.2 Å². The summed E-state index contributed by atoms with van der Waals surface area (Å²) in [5, 5.41) is 9.62. The zero-order chi connectivity index (χ0) is 20.7. The van der Waals surface area contributed by atoms with Crippen LogP contribution in [0, 0.1) is 6.92 Å². The summed E-state index contributed by atoms with van der Waals surface area (Å²) < 4.78 is 31.3. The maximum Gasteiger partial charge on any atom is 0.280 e. The minimum Gasteiger partial charge on any atom is -0.463 e.